The van der Waals surface area contributed by atoms with Crippen molar-refractivity contribution in [1.29, 1.82) is 0 Å². The number of aromatic nitrogens is 1. The van der Waals surface area contributed by atoms with Gasteiger partial charge in [0.25, 0.3) is 17.7 Å². The van der Waals surface area contributed by atoms with E-state index in [2.05, 4.69) is 10.3 Å². The van der Waals surface area contributed by atoms with Crippen LogP contribution in [-0.4, -0.2) is 48.4 Å². The van der Waals surface area contributed by atoms with Crippen LogP contribution in [-0.2, 0) is 6.42 Å². The van der Waals surface area contributed by atoms with Crippen LogP contribution in [0.1, 0.15) is 36.6 Å². The molecule has 3 amide bonds. The highest BCUT2D eigenvalue weighted by Gasteiger charge is 2.35. The third-order valence-corrected chi connectivity index (χ3v) is 5.65. The normalized spacial score (nSPS) is 12.6. The van der Waals surface area contributed by atoms with Gasteiger partial charge in [-0.3, -0.25) is 24.6 Å². The summed E-state index contributed by atoms with van der Waals surface area (Å²) in [6.45, 7) is 0.211. The first-order valence-electron chi connectivity index (χ1n) is 9.44. The Hall–Kier alpha value is -3.72. The summed E-state index contributed by atoms with van der Waals surface area (Å²) in [7, 11) is 3.11. The molecule has 31 heavy (non-hydrogen) atoms. The molecule has 2 heterocycles. The molecule has 0 atom stereocenters. The zero-order valence-electron chi connectivity index (χ0n) is 16.9. The number of rotatable bonds is 7. The Labute approximate surface area is 182 Å². The minimum absolute atomic E-state index is 0.211. The minimum atomic E-state index is -0.413. The van der Waals surface area contributed by atoms with Gasteiger partial charge in [-0.25, -0.2) is 4.98 Å². The molecule has 2 aromatic carbocycles. The fourth-order valence-electron chi connectivity index (χ4n) is 3.37. The monoisotopic (exact) mass is 437 g/mol. The second kappa shape index (κ2) is 8.57. The van der Waals surface area contributed by atoms with Gasteiger partial charge in [-0.05, 0) is 42.3 Å². The van der Waals surface area contributed by atoms with E-state index in [9.17, 15) is 14.4 Å². The van der Waals surface area contributed by atoms with Crippen molar-refractivity contribution >= 4 is 34.2 Å². The fourth-order valence-corrected chi connectivity index (χ4v) is 3.89. The Morgan fingerprint density at radius 2 is 1.81 bits per heavy atom. The first-order valence-corrected chi connectivity index (χ1v) is 10.3. The van der Waals surface area contributed by atoms with Crippen molar-refractivity contribution in [3.63, 3.8) is 0 Å². The van der Waals surface area contributed by atoms with Crippen molar-refractivity contribution < 1.29 is 23.9 Å². The number of anilines is 1. The number of hydrogen-bond donors (Lipinski definition) is 1. The number of methoxy groups -OCH3 is 2. The Bertz CT molecular complexity index is 1160. The van der Waals surface area contributed by atoms with E-state index in [1.165, 1.54) is 34.4 Å². The molecule has 0 saturated heterocycles. The highest BCUT2D eigenvalue weighted by atomic mass is 32.1. The molecule has 0 saturated carbocycles. The van der Waals surface area contributed by atoms with Crippen LogP contribution < -0.4 is 14.8 Å². The summed E-state index contributed by atoms with van der Waals surface area (Å²) >= 11 is 1.29. The number of thiazole rings is 1. The molecule has 9 heteroatoms. The van der Waals surface area contributed by atoms with Gasteiger partial charge in [-0.2, -0.15) is 0 Å². The smallest absolute Gasteiger partial charge is 0.261 e. The summed E-state index contributed by atoms with van der Waals surface area (Å²) in [4.78, 5) is 43.2. The molecule has 0 radical (unpaired) electrons. The van der Waals surface area contributed by atoms with Gasteiger partial charge in [0, 0.05) is 23.7 Å². The predicted molar refractivity (Wildman–Crippen MR) is 115 cm³/mol. The standard InChI is InChI=1S/C22H19N3O5S/c1-29-17-6-3-13(11-18(17)30-2)7-9-25-20(27)15-5-4-14(12-16(15)21(25)28)19(26)24-22-23-8-10-31-22/h3-6,8,10-12H,7,9H2,1-2H3,(H,23,24,26). The van der Waals surface area contributed by atoms with Gasteiger partial charge >= 0.3 is 0 Å². The first kappa shape index (κ1) is 20.5. The molecule has 3 aromatic rings. The zero-order chi connectivity index (χ0) is 22.0. The number of hydrogen-bond acceptors (Lipinski definition) is 7. The zero-order valence-corrected chi connectivity index (χ0v) is 17.7. The van der Waals surface area contributed by atoms with Gasteiger partial charge in [0.2, 0.25) is 0 Å². The second-order valence-corrected chi connectivity index (χ2v) is 7.65. The van der Waals surface area contributed by atoms with Gasteiger partial charge in [-0.15, -0.1) is 11.3 Å². The van der Waals surface area contributed by atoms with Crippen LogP contribution in [0.15, 0.2) is 48.0 Å². The summed E-state index contributed by atoms with van der Waals surface area (Å²) in [5.41, 5.74) is 1.71. The van der Waals surface area contributed by atoms with E-state index < -0.39 is 5.91 Å². The second-order valence-electron chi connectivity index (χ2n) is 6.75. The van der Waals surface area contributed by atoms with E-state index in [-0.39, 0.29) is 29.5 Å². The number of nitrogens with one attached hydrogen (secondary N) is 1. The number of ether oxygens (including phenoxy) is 2. The molecule has 0 spiro atoms. The lowest BCUT2D eigenvalue weighted by molar-refractivity contribution is 0.0656. The summed E-state index contributed by atoms with van der Waals surface area (Å²) in [5, 5.41) is 4.88. The Kier molecular flexibility index (Phi) is 5.68. The van der Waals surface area contributed by atoms with E-state index >= 15 is 0 Å². The molecule has 4 rings (SSSR count). The average Bonchev–Trinajstić information content (AvgIpc) is 3.38. The molecule has 1 aliphatic rings. The van der Waals surface area contributed by atoms with Crippen LogP contribution in [0.25, 0.3) is 0 Å². The molecule has 1 aromatic heterocycles. The third-order valence-electron chi connectivity index (χ3n) is 4.96. The van der Waals surface area contributed by atoms with E-state index in [4.69, 9.17) is 9.47 Å². The molecule has 0 bridgehead atoms. The number of carbonyl (C=O) groups is 3. The average molecular weight is 437 g/mol. The summed E-state index contributed by atoms with van der Waals surface area (Å²) < 4.78 is 10.5. The molecular formula is C22H19N3O5S. The summed E-state index contributed by atoms with van der Waals surface area (Å²) in [6.07, 6.45) is 2.05. The highest BCUT2D eigenvalue weighted by Crippen LogP contribution is 2.29. The Morgan fingerprint density at radius 3 is 2.52 bits per heavy atom. The SMILES string of the molecule is COc1ccc(CCN2C(=O)c3ccc(C(=O)Nc4nccs4)cc3C2=O)cc1OC. The van der Waals surface area contributed by atoms with Crippen LogP contribution in [0.4, 0.5) is 5.13 Å². The van der Waals surface area contributed by atoms with Gasteiger partial charge in [0.1, 0.15) is 0 Å². The highest BCUT2D eigenvalue weighted by molar-refractivity contribution is 7.13. The van der Waals surface area contributed by atoms with Crippen LogP contribution in [0.2, 0.25) is 0 Å². The molecule has 158 valence electrons. The fraction of sp³-hybridized carbons (Fsp3) is 0.182. The third kappa shape index (κ3) is 3.99. The van der Waals surface area contributed by atoms with Crippen LogP contribution >= 0.6 is 11.3 Å². The number of carbonyl (C=O) groups excluding carboxylic acids is 3. The predicted octanol–water partition coefficient (Wildman–Crippen LogP) is 3.25. The summed E-state index contributed by atoms with van der Waals surface area (Å²) in [6, 6.07) is 9.96. The van der Waals surface area contributed by atoms with Crippen molar-refractivity contribution in [3.8, 4) is 11.5 Å². The maximum atomic E-state index is 12.9. The van der Waals surface area contributed by atoms with Crippen LogP contribution in [0.3, 0.4) is 0 Å². The molecule has 8 nitrogen and oxygen atoms in total. The van der Waals surface area contributed by atoms with Gasteiger partial charge in [0.05, 0.1) is 25.3 Å². The number of fused-ring (bicyclic) bond motifs is 1. The lowest BCUT2D eigenvalue weighted by Gasteiger charge is -2.14. The maximum Gasteiger partial charge on any atom is 0.261 e. The molecule has 1 aliphatic heterocycles. The van der Waals surface area contributed by atoms with Crippen LogP contribution in [0.5, 0.6) is 11.5 Å². The lowest BCUT2D eigenvalue weighted by Crippen LogP contribution is -2.31. The number of benzene rings is 2. The Morgan fingerprint density at radius 1 is 1.03 bits per heavy atom. The lowest BCUT2D eigenvalue weighted by atomic mass is 10.1. The van der Waals surface area contributed by atoms with E-state index in [1.54, 1.807) is 31.9 Å². The number of nitrogens with zero attached hydrogens (tertiary/aromatic N) is 2. The van der Waals surface area contributed by atoms with E-state index in [0.717, 1.165) is 5.56 Å². The van der Waals surface area contributed by atoms with Crippen molar-refractivity contribution in [2.75, 3.05) is 26.1 Å². The maximum absolute atomic E-state index is 12.9. The topological polar surface area (TPSA) is 97.8 Å². The van der Waals surface area contributed by atoms with Crippen LogP contribution in [0, 0.1) is 0 Å². The van der Waals surface area contributed by atoms with Crippen molar-refractivity contribution in [3.05, 3.63) is 70.2 Å². The van der Waals surface area contributed by atoms with Gasteiger partial charge in [-0.1, -0.05) is 6.07 Å². The van der Waals surface area contributed by atoms with E-state index in [0.29, 0.717) is 28.6 Å². The number of imide groups is 1. The molecule has 1 N–H and O–H groups in total. The molecular weight excluding hydrogens is 418 g/mol. The van der Waals surface area contributed by atoms with Crippen molar-refractivity contribution in [2.45, 2.75) is 6.42 Å². The first-order chi connectivity index (χ1) is 15.0. The minimum Gasteiger partial charge on any atom is -0.493 e. The summed E-state index contributed by atoms with van der Waals surface area (Å²) in [5.74, 6) is 0.0206. The van der Waals surface area contributed by atoms with Gasteiger partial charge < -0.3 is 9.47 Å². The quantitative estimate of drug-likeness (QED) is 0.570. The van der Waals surface area contributed by atoms with Gasteiger partial charge in [0.15, 0.2) is 16.6 Å². The largest absolute Gasteiger partial charge is 0.493 e. The van der Waals surface area contributed by atoms with Crippen molar-refractivity contribution in [2.24, 2.45) is 0 Å². The van der Waals surface area contributed by atoms with E-state index in [1.807, 2.05) is 12.1 Å². The molecule has 0 aliphatic carbocycles. The van der Waals surface area contributed by atoms with Crippen molar-refractivity contribution in [1.82, 2.24) is 9.88 Å². The molecule has 0 unspecified atom stereocenters. The number of amides is 3. The molecule has 0 fully saturated rings. The Balaban J connectivity index is 1.49.